The molecule has 80 valence electrons. The fraction of sp³-hybridized carbons (Fsp3) is 0.273. The van der Waals surface area contributed by atoms with Gasteiger partial charge in [0.05, 0.1) is 15.6 Å². The third kappa shape index (κ3) is 1.85. The van der Waals surface area contributed by atoms with Crippen LogP contribution in [0.15, 0.2) is 18.2 Å². The second-order valence-electron chi connectivity index (χ2n) is 3.55. The van der Waals surface area contributed by atoms with Crippen molar-refractivity contribution < 1.29 is 0 Å². The molecule has 0 radical (unpaired) electrons. The molecule has 1 aromatic carbocycles. The molecule has 0 aliphatic heterocycles. The maximum absolute atomic E-state index is 6.09. The summed E-state index contributed by atoms with van der Waals surface area (Å²) in [5.41, 5.74) is 1.99. The van der Waals surface area contributed by atoms with E-state index in [1.165, 1.54) is 0 Å². The van der Waals surface area contributed by atoms with Crippen LogP contribution in [-0.2, 0) is 0 Å². The number of hydrogen-bond donors (Lipinski definition) is 2. The van der Waals surface area contributed by atoms with E-state index in [1.54, 1.807) is 6.07 Å². The molecule has 2 N–H and O–H groups in total. The molecule has 2 aromatic rings. The highest BCUT2D eigenvalue weighted by molar-refractivity contribution is 6.39. The zero-order valence-corrected chi connectivity index (χ0v) is 10.1. The molecule has 0 aliphatic rings. The van der Waals surface area contributed by atoms with Gasteiger partial charge >= 0.3 is 0 Å². The van der Waals surface area contributed by atoms with Crippen molar-refractivity contribution in [2.75, 3.05) is 7.05 Å². The normalized spacial score (nSPS) is 13.3. The highest BCUT2D eigenvalue weighted by Gasteiger charge is 2.10. The summed E-state index contributed by atoms with van der Waals surface area (Å²) in [6, 6.07) is 5.90. The first-order valence-electron chi connectivity index (χ1n) is 4.77. The fourth-order valence-corrected chi connectivity index (χ4v) is 1.98. The van der Waals surface area contributed by atoms with E-state index in [0.717, 1.165) is 21.6 Å². The molecule has 1 unspecified atom stereocenters. The van der Waals surface area contributed by atoms with Crippen molar-refractivity contribution in [1.29, 1.82) is 0 Å². The van der Waals surface area contributed by atoms with Crippen molar-refractivity contribution in [3.8, 4) is 0 Å². The summed E-state index contributed by atoms with van der Waals surface area (Å²) in [7, 11) is 1.92. The molecule has 0 spiro atoms. The molecule has 15 heavy (non-hydrogen) atoms. The number of fused-ring (bicyclic) bond motifs is 1. The molecule has 0 saturated carbocycles. The van der Waals surface area contributed by atoms with Crippen molar-refractivity contribution in [2.45, 2.75) is 13.0 Å². The number of aromatic amines is 1. The molecule has 4 heteroatoms. The van der Waals surface area contributed by atoms with Gasteiger partial charge in [-0.2, -0.15) is 0 Å². The Morgan fingerprint density at radius 1 is 1.27 bits per heavy atom. The second kappa shape index (κ2) is 4.05. The van der Waals surface area contributed by atoms with E-state index in [2.05, 4.69) is 17.2 Å². The van der Waals surface area contributed by atoms with E-state index in [1.807, 2.05) is 19.2 Å². The third-order valence-corrected chi connectivity index (χ3v) is 3.25. The van der Waals surface area contributed by atoms with Crippen molar-refractivity contribution in [1.82, 2.24) is 10.3 Å². The minimum Gasteiger partial charge on any atom is -0.356 e. The predicted octanol–water partition coefficient (Wildman–Crippen LogP) is 3.76. The lowest BCUT2D eigenvalue weighted by atomic mass is 10.2. The van der Waals surface area contributed by atoms with Gasteiger partial charge in [-0.3, -0.25) is 0 Å². The van der Waals surface area contributed by atoms with Crippen LogP contribution in [0.5, 0.6) is 0 Å². The zero-order chi connectivity index (χ0) is 11.0. The van der Waals surface area contributed by atoms with Crippen LogP contribution in [0.25, 0.3) is 10.9 Å². The van der Waals surface area contributed by atoms with Gasteiger partial charge in [-0.1, -0.05) is 23.2 Å². The number of aromatic nitrogens is 1. The van der Waals surface area contributed by atoms with Gasteiger partial charge in [-0.05, 0) is 32.2 Å². The van der Waals surface area contributed by atoms with Crippen LogP contribution >= 0.6 is 23.2 Å². The SMILES string of the molecule is CNC(C)c1cc2c(Cl)ccc(Cl)c2[nH]1. The summed E-state index contributed by atoms with van der Waals surface area (Å²) in [6.45, 7) is 2.08. The Kier molecular flexibility index (Phi) is 2.91. The largest absolute Gasteiger partial charge is 0.356 e. The Balaban J connectivity index is 2.64. The van der Waals surface area contributed by atoms with Crippen molar-refractivity contribution >= 4 is 34.1 Å². The number of hydrogen-bond acceptors (Lipinski definition) is 1. The van der Waals surface area contributed by atoms with Crippen molar-refractivity contribution in [2.24, 2.45) is 0 Å². The Labute approximate surface area is 98.6 Å². The topological polar surface area (TPSA) is 27.8 Å². The molecular formula is C11H12Cl2N2. The molecule has 0 aliphatic carbocycles. The van der Waals surface area contributed by atoms with Crippen molar-refractivity contribution in [3.05, 3.63) is 33.9 Å². The minimum absolute atomic E-state index is 0.254. The minimum atomic E-state index is 0.254. The lowest BCUT2D eigenvalue weighted by Gasteiger charge is -2.06. The second-order valence-corrected chi connectivity index (χ2v) is 4.37. The molecule has 1 heterocycles. The van der Waals surface area contributed by atoms with Crippen LogP contribution < -0.4 is 5.32 Å². The number of nitrogens with one attached hydrogen (secondary N) is 2. The predicted molar refractivity (Wildman–Crippen MR) is 65.8 cm³/mol. The van der Waals surface area contributed by atoms with Crippen LogP contribution in [0.2, 0.25) is 10.0 Å². The van der Waals surface area contributed by atoms with Gasteiger partial charge < -0.3 is 10.3 Å². The van der Waals surface area contributed by atoms with E-state index in [-0.39, 0.29) is 6.04 Å². The van der Waals surface area contributed by atoms with E-state index < -0.39 is 0 Å². The summed E-state index contributed by atoms with van der Waals surface area (Å²) in [5, 5.41) is 5.56. The van der Waals surface area contributed by atoms with Crippen LogP contribution in [0.3, 0.4) is 0 Å². The molecule has 0 amide bonds. The maximum atomic E-state index is 6.09. The number of halogens is 2. The Morgan fingerprint density at radius 3 is 2.53 bits per heavy atom. The first kappa shape index (κ1) is 10.8. The Hall–Kier alpha value is -0.700. The van der Waals surface area contributed by atoms with Gasteiger partial charge in [0.25, 0.3) is 0 Å². The van der Waals surface area contributed by atoms with Gasteiger partial charge in [-0.25, -0.2) is 0 Å². The lowest BCUT2D eigenvalue weighted by molar-refractivity contribution is 0.638. The first-order chi connectivity index (χ1) is 7.13. The first-order valence-corrected chi connectivity index (χ1v) is 5.53. The molecule has 2 nitrogen and oxygen atoms in total. The van der Waals surface area contributed by atoms with Crippen molar-refractivity contribution in [3.63, 3.8) is 0 Å². The summed E-state index contributed by atoms with van der Waals surface area (Å²) in [4.78, 5) is 3.28. The van der Waals surface area contributed by atoms with Gasteiger partial charge in [-0.15, -0.1) is 0 Å². The van der Waals surface area contributed by atoms with Gasteiger partial charge in [0, 0.05) is 17.1 Å². The Bertz CT molecular complexity index is 452. The average Bonchev–Trinajstić information content (AvgIpc) is 2.68. The monoisotopic (exact) mass is 242 g/mol. The highest BCUT2D eigenvalue weighted by atomic mass is 35.5. The van der Waals surface area contributed by atoms with Crippen LogP contribution in [-0.4, -0.2) is 12.0 Å². The molecule has 0 fully saturated rings. The molecular weight excluding hydrogens is 231 g/mol. The van der Waals surface area contributed by atoms with E-state index in [9.17, 15) is 0 Å². The standard InChI is InChI=1S/C11H12Cl2N2/c1-6(14-2)10-5-7-8(12)3-4-9(13)11(7)15-10/h3-6,14-15H,1-2H3. The van der Waals surface area contributed by atoms with E-state index in [4.69, 9.17) is 23.2 Å². The van der Waals surface area contributed by atoms with E-state index >= 15 is 0 Å². The van der Waals surface area contributed by atoms with Crippen LogP contribution in [0, 0.1) is 0 Å². The summed E-state index contributed by atoms with van der Waals surface area (Å²) < 4.78 is 0. The van der Waals surface area contributed by atoms with E-state index in [0.29, 0.717) is 5.02 Å². The smallest absolute Gasteiger partial charge is 0.0661 e. The quantitative estimate of drug-likeness (QED) is 0.825. The number of rotatable bonds is 2. The Morgan fingerprint density at radius 2 is 1.93 bits per heavy atom. The van der Waals surface area contributed by atoms with Gasteiger partial charge in [0.2, 0.25) is 0 Å². The third-order valence-electron chi connectivity index (χ3n) is 2.61. The average molecular weight is 243 g/mol. The molecule has 2 rings (SSSR count). The van der Waals surface area contributed by atoms with Gasteiger partial charge in [0.15, 0.2) is 0 Å². The molecule has 0 saturated heterocycles. The summed E-state index contributed by atoms with van der Waals surface area (Å²) >= 11 is 12.2. The lowest BCUT2D eigenvalue weighted by Crippen LogP contribution is -2.12. The highest BCUT2D eigenvalue weighted by Crippen LogP contribution is 2.31. The number of H-pyrrole nitrogens is 1. The van der Waals surface area contributed by atoms with Crippen LogP contribution in [0.1, 0.15) is 18.7 Å². The van der Waals surface area contributed by atoms with Crippen LogP contribution in [0.4, 0.5) is 0 Å². The zero-order valence-electron chi connectivity index (χ0n) is 8.57. The van der Waals surface area contributed by atoms with Gasteiger partial charge in [0.1, 0.15) is 0 Å². The fourth-order valence-electron chi connectivity index (χ4n) is 1.56. The molecule has 0 bridgehead atoms. The molecule has 1 atom stereocenters. The molecule has 1 aromatic heterocycles. The number of benzene rings is 1. The summed E-state index contributed by atoms with van der Waals surface area (Å²) in [5.74, 6) is 0. The summed E-state index contributed by atoms with van der Waals surface area (Å²) in [6.07, 6.45) is 0. The maximum Gasteiger partial charge on any atom is 0.0661 e.